The molecule has 0 aromatic heterocycles. The Labute approximate surface area is 216 Å². The number of rotatable bonds is 9. The molecule has 1 amide bonds. The summed E-state index contributed by atoms with van der Waals surface area (Å²) >= 11 is 0. The topological polar surface area (TPSA) is 97.8 Å². The Kier molecular flexibility index (Phi) is 7.62. The molecule has 196 valence electrons. The molecule has 0 radical (unpaired) electrons. The van der Waals surface area contributed by atoms with Crippen LogP contribution in [0.4, 0.5) is 0 Å². The van der Waals surface area contributed by atoms with Gasteiger partial charge in [0.25, 0.3) is 11.7 Å². The molecule has 1 N–H and O–H groups in total. The van der Waals surface area contributed by atoms with Gasteiger partial charge in [-0.15, -0.1) is 0 Å². The van der Waals surface area contributed by atoms with Crippen molar-refractivity contribution in [1.29, 1.82) is 0 Å². The van der Waals surface area contributed by atoms with Crippen molar-refractivity contribution in [3.05, 3.63) is 59.2 Å². The van der Waals surface area contributed by atoms with Crippen LogP contribution in [0.15, 0.2) is 48.0 Å². The fourth-order valence-electron chi connectivity index (χ4n) is 4.91. The van der Waals surface area contributed by atoms with Crippen LogP contribution in [0.5, 0.6) is 17.2 Å². The second-order valence-corrected chi connectivity index (χ2v) is 9.29. The van der Waals surface area contributed by atoms with Gasteiger partial charge in [0.2, 0.25) is 6.79 Å². The minimum atomic E-state index is -0.713. The van der Waals surface area contributed by atoms with Gasteiger partial charge >= 0.3 is 0 Å². The number of aliphatic hydroxyl groups is 1. The van der Waals surface area contributed by atoms with Gasteiger partial charge in [0.15, 0.2) is 11.5 Å². The second-order valence-electron chi connectivity index (χ2n) is 9.29. The van der Waals surface area contributed by atoms with Crippen molar-refractivity contribution >= 4 is 17.4 Å². The standard InChI is InChI=1S/C28H32N2O7/c1-2-14-35-21-7-4-19(5-8-21)25-24(26(31)20-6-9-22-23(17-20)37-18-36-22)27(32)28(33)30(25)11-3-10-29-12-15-34-16-13-29/h4-9,17,25,31H,2-3,10-16,18H2,1H3. The van der Waals surface area contributed by atoms with E-state index in [0.717, 1.165) is 31.6 Å². The first kappa shape index (κ1) is 25.1. The highest BCUT2D eigenvalue weighted by Gasteiger charge is 2.46. The van der Waals surface area contributed by atoms with Crippen molar-refractivity contribution in [3.8, 4) is 17.2 Å². The van der Waals surface area contributed by atoms with Crippen molar-refractivity contribution in [3.63, 3.8) is 0 Å². The summed E-state index contributed by atoms with van der Waals surface area (Å²) in [5, 5.41) is 11.3. The maximum atomic E-state index is 13.3. The van der Waals surface area contributed by atoms with E-state index < -0.39 is 17.7 Å². The van der Waals surface area contributed by atoms with E-state index >= 15 is 0 Å². The zero-order chi connectivity index (χ0) is 25.8. The smallest absolute Gasteiger partial charge is 0.295 e. The number of carbonyl (C=O) groups excluding carboxylic acids is 2. The van der Waals surface area contributed by atoms with Crippen molar-refractivity contribution in [2.24, 2.45) is 0 Å². The summed E-state index contributed by atoms with van der Waals surface area (Å²) in [6.45, 7) is 7.03. The molecule has 3 aliphatic rings. The van der Waals surface area contributed by atoms with Gasteiger partial charge in [0.1, 0.15) is 11.5 Å². The van der Waals surface area contributed by atoms with E-state index in [1.807, 2.05) is 31.2 Å². The quantitative estimate of drug-likeness (QED) is 0.313. The first-order chi connectivity index (χ1) is 18.1. The number of morpholine rings is 1. The van der Waals surface area contributed by atoms with Crippen LogP contribution in [0.25, 0.3) is 5.76 Å². The summed E-state index contributed by atoms with van der Waals surface area (Å²) in [6, 6.07) is 11.6. The Morgan fingerprint density at radius 2 is 1.78 bits per heavy atom. The van der Waals surface area contributed by atoms with E-state index in [4.69, 9.17) is 18.9 Å². The van der Waals surface area contributed by atoms with Crippen LogP contribution in [0.2, 0.25) is 0 Å². The number of amides is 1. The van der Waals surface area contributed by atoms with Crippen LogP contribution in [-0.2, 0) is 14.3 Å². The van der Waals surface area contributed by atoms with Gasteiger partial charge in [-0.2, -0.15) is 0 Å². The van der Waals surface area contributed by atoms with Gasteiger partial charge in [-0.3, -0.25) is 14.5 Å². The number of aliphatic hydroxyl groups excluding tert-OH is 1. The van der Waals surface area contributed by atoms with Gasteiger partial charge in [-0.25, -0.2) is 0 Å². The van der Waals surface area contributed by atoms with Crippen LogP contribution >= 0.6 is 0 Å². The molecule has 37 heavy (non-hydrogen) atoms. The Balaban J connectivity index is 1.46. The fraction of sp³-hybridized carbons (Fsp3) is 0.429. The average molecular weight is 509 g/mol. The normalized spacial score (nSPS) is 21.0. The van der Waals surface area contributed by atoms with Crippen LogP contribution in [0, 0.1) is 0 Å². The molecule has 2 aromatic carbocycles. The van der Waals surface area contributed by atoms with Gasteiger partial charge in [-0.05, 0) is 48.7 Å². The highest BCUT2D eigenvalue weighted by Crippen LogP contribution is 2.41. The number of ketones is 1. The third kappa shape index (κ3) is 5.28. The summed E-state index contributed by atoms with van der Waals surface area (Å²) in [5.41, 5.74) is 1.19. The van der Waals surface area contributed by atoms with E-state index in [1.165, 1.54) is 0 Å². The highest BCUT2D eigenvalue weighted by molar-refractivity contribution is 6.46. The Morgan fingerprint density at radius 1 is 1.03 bits per heavy atom. The zero-order valence-electron chi connectivity index (χ0n) is 21.0. The minimum absolute atomic E-state index is 0.0671. The van der Waals surface area contributed by atoms with Crippen LogP contribution in [0.1, 0.15) is 36.9 Å². The maximum Gasteiger partial charge on any atom is 0.295 e. The lowest BCUT2D eigenvalue weighted by Gasteiger charge is -2.29. The molecule has 0 aliphatic carbocycles. The van der Waals surface area contributed by atoms with E-state index in [-0.39, 0.29) is 18.1 Å². The van der Waals surface area contributed by atoms with E-state index in [2.05, 4.69) is 4.90 Å². The Morgan fingerprint density at radius 3 is 2.54 bits per heavy atom. The number of nitrogens with zero attached hydrogens (tertiary/aromatic N) is 2. The molecule has 0 saturated carbocycles. The van der Waals surface area contributed by atoms with Crippen molar-refractivity contribution < 1.29 is 33.6 Å². The fourth-order valence-corrected chi connectivity index (χ4v) is 4.91. The van der Waals surface area contributed by atoms with Crippen LogP contribution < -0.4 is 14.2 Å². The summed E-state index contributed by atoms with van der Waals surface area (Å²) in [5.74, 6) is 0.227. The van der Waals surface area contributed by atoms with Crippen molar-refractivity contribution in [1.82, 2.24) is 9.80 Å². The predicted octanol–water partition coefficient (Wildman–Crippen LogP) is 3.35. The van der Waals surface area contributed by atoms with E-state index in [1.54, 1.807) is 23.1 Å². The second kappa shape index (κ2) is 11.2. The largest absolute Gasteiger partial charge is 0.507 e. The SMILES string of the molecule is CCCOc1ccc(C2C(=C(O)c3ccc4c(c3)OCO4)C(=O)C(=O)N2CCCN2CCOCC2)cc1. The predicted molar refractivity (Wildman–Crippen MR) is 136 cm³/mol. The summed E-state index contributed by atoms with van der Waals surface area (Å²) in [7, 11) is 0. The summed E-state index contributed by atoms with van der Waals surface area (Å²) in [4.78, 5) is 30.4. The number of benzene rings is 2. The molecule has 1 unspecified atom stereocenters. The number of fused-ring (bicyclic) bond motifs is 1. The molecular formula is C28H32N2O7. The summed E-state index contributed by atoms with van der Waals surface area (Å²) < 4.78 is 21.9. The lowest BCUT2D eigenvalue weighted by molar-refractivity contribution is -0.140. The molecule has 3 aliphatic heterocycles. The van der Waals surface area contributed by atoms with Gasteiger partial charge in [0, 0.05) is 31.7 Å². The third-order valence-electron chi connectivity index (χ3n) is 6.83. The Hall–Kier alpha value is -3.56. The molecular weight excluding hydrogens is 476 g/mol. The molecule has 2 saturated heterocycles. The number of likely N-dealkylation sites (tertiary alicyclic amines) is 1. The number of hydrogen-bond donors (Lipinski definition) is 1. The van der Waals surface area contributed by atoms with Gasteiger partial charge in [-0.1, -0.05) is 19.1 Å². The maximum absolute atomic E-state index is 13.3. The number of hydrogen-bond acceptors (Lipinski definition) is 8. The molecule has 9 heteroatoms. The van der Waals surface area contributed by atoms with E-state index in [9.17, 15) is 14.7 Å². The number of ether oxygens (including phenoxy) is 4. The van der Waals surface area contributed by atoms with Gasteiger partial charge in [0.05, 0.1) is 31.4 Å². The summed E-state index contributed by atoms with van der Waals surface area (Å²) in [6.07, 6.45) is 1.59. The molecule has 1 atom stereocenters. The van der Waals surface area contributed by atoms with Crippen molar-refractivity contribution in [2.45, 2.75) is 25.8 Å². The monoisotopic (exact) mass is 508 g/mol. The average Bonchev–Trinajstić information content (AvgIpc) is 3.50. The van der Waals surface area contributed by atoms with Crippen LogP contribution in [-0.4, -0.2) is 79.4 Å². The van der Waals surface area contributed by atoms with Crippen molar-refractivity contribution in [2.75, 3.05) is 52.8 Å². The van der Waals surface area contributed by atoms with E-state index in [0.29, 0.717) is 55.6 Å². The zero-order valence-corrected chi connectivity index (χ0v) is 21.0. The first-order valence-electron chi connectivity index (χ1n) is 12.8. The lowest BCUT2D eigenvalue weighted by atomic mass is 9.95. The Bertz CT molecular complexity index is 1170. The molecule has 5 rings (SSSR count). The number of carbonyl (C=O) groups is 2. The molecule has 3 heterocycles. The molecule has 0 bridgehead atoms. The third-order valence-corrected chi connectivity index (χ3v) is 6.83. The minimum Gasteiger partial charge on any atom is -0.507 e. The molecule has 9 nitrogen and oxygen atoms in total. The molecule has 0 spiro atoms. The highest BCUT2D eigenvalue weighted by atomic mass is 16.7. The van der Waals surface area contributed by atoms with Crippen LogP contribution in [0.3, 0.4) is 0 Å². The molecule has 2 aromatic rings. The number of Topliss-reactive ketones (excluding diaryl/α,β-unsaturated/α-hetero) is 1. The lowest BCUT2D eigenvalue weighted by Crippen LogP contribution is -2.38. The molecule has 2 fully saturated rings. The van der Waals surface area contributed by atoms with Gasteiger partial charge < -0.3 is 29.0 Å². The first-order valence-corrected chi connectivity index (χ1v) is 12.8.